The van der Waals surface area contributed by atoms with Gasteiger partial charge in [0.25, 0.3) is 5.91 Å². The lowest BCUT2D eigenvalue weighted by Crippen LogP contribution is -2.42. The Labute approximate surface area is 211 Å². The molecular formula is C30H30N2O4. The number of hydrogen-bond donors (Lipinski definition) is 1. The first kappa shape index (κ1) is 23.5. The molecule has 0 spiro atoms. The fourth-order valence-electron chi connectivity index (χ4n) is 4.72. The lowest BCUT2D eigenvalue weighted by atomic mass is 10.0. The Morgan fingerprint density at radius 2 is 1.72 bits per heavy atom. The van der Waals surface area contributed by atoms with E-state index in [1.807, 2.05) is 93.6 Å². The molecule has 1 aromatic heterocycles. The summed E-state index contributed by atoms with van der Waals surface area (Å²) in [5, 5.41) is 3.56. The molecule has 1 atom stereocenters. The van der Waals surface area contributed by atoms with Crippen molar-refractivity contribution < 1.29 is 18.7 Å². The van der Waals surface area contributed by atoms with Crippen molar-refractivity contribution in [1.82, 2.24) is 4.90 Å². The van der Waals surface area contributed by atoms with Crippen LogP contribution in [0.4, 0.5) is 5.69 Å². The topological polar surface area (TPSA) is 63.9 Å². The number of hydrogen-bond acceptors (Lipinski definition) is 5. The molecule has 0 bridgehead atoms. The number of anilines is 1. The summed E-state index contributed by atoms with van der Waals surface area (Å²) in [6.45, 7) is 6.67. The number of fused-ring (bicyclic) bond motifs is 1. The molecule has 36 heavy (non-hydrogen) atoms. The van der Waals surface area contributed by atoms with E-state index < -0.39 is 0 Å². The number of methoxy groups -OCH3 is 1. The lowest BCUT2D eigenvalue weighted by Gasteiger charge is -2.38. The van der Waals surface area contributed by atoms with Gasteiger partial charge in [-0.3, -0.25) is 4.79 Å². The van der Waals surface area contributed by atoms with Crippen LogP contribution in [0.1, 0.15) is 50.3 Å². The van der Waals surface area contributed by atoms with E-state index in [-0.39, 0.29) is 12.1 Å². The van der Waals surface area contributed by atoms with Gasteiger partial charge in [0.15, 0.2) is 0 Å². The van der Waals surface area contributed by atoms with Gasteiger partial charge in [0, 0.05) is 11.3 Å². The second-order valence-electron chi connectivity index (χ2n) is 9.12. The molecule has 6 nitrogen and oxygen atoms in total. The summed E-state index contributed by atoms with van der Waals surface area (Å²) in [4.78, 5) is 15.4. The molecule has 2 heterocycles. The first-order valence-electron chi connectivity index (χ1n) is 12.0. The minimum atomic E-state index is -0.386. The summed E-state index contributed by atoms with van der Waals surface area (Å²) < 4.78 is 17.7. The standard InChI is InChI=1S/C30H30N2O4/c1-19-8-7-9-20(2)28(19)35-18-23-16-22(13-15-27(23)34-4)29-31-26-11-6-5-10-25(26)30(33)32(29)17-24-14-12-21(3)36-24/h5-16,29,31H,17-18H2,1-4H3. The fourth-order valence-corrected chi connectivity index (χ4v) is 4.72. The first-order valence-corrected chi connectivity index (χ1v) is 12.0. The fraction of sp³-hybridized carbons (Fsp3) is 0.233. The van der Waals surface area contributed by atoms with Gasteiger partial charge in [0.1, 0.15) is 35.8 Å². The molecule has 5 rings (SSSR count). The monoisotopic (exact) mass is 482 g/mol. The molecule has 3 aromatic carbocycles. The van der Waals surface area contributed by atoms with Crippen LogP contribution in [0.3, 0.4) is 0 Å². The van der Waals surface area contributed by atoms with Gasteiger partial charge in [-0.05, 0) is 73.9 Å². The zero-order valence-corrected chi connectivity index (χ0v) is 21.0. The van der Waals surface area contributed by atoms with Crippen molar-refractivity contribution in [2.45, 2.75) is 40.1 Å². The van der Waals surface area contributed by atoms with Gasteiger partial charge in [0.2, 0.25) is 0 Å². The SMILES string of the molecule is COc1ccc(C2Nc3ccccc3C(=O)N2Cc2ccc(C)o2)cc1COc1c(C)cccc1C. The summed E-state index contributed by atoms with van der Waals surface area (Å²) >= 11 is 0. The number of carbonyl (C=O) groups excluding carboxylic acids is 1. The number of nitrogens with zero attached hydrogens (tertiary/aromatic N) is 1. The molecule has 0 saturated carbocycles. The lowest BCUT2D eigenvalue weighted by molar-refractivity contribution is 0.0650. The molecule has 1 aliphatic heterocycles. The Balaban J connectivity index is 1.50. The molecule has 184 valence electrons. The van der Waals surface area contributed by atoms with Crippen LogP contribution in [-0.2, 0) is 13.2 Å². The van der Waals surface area contributed by atoms with E-state index in [2.05, 4.69) is 5.32 Å². The van der Waals surface area contributed by atoms with Gasteiger partial charge in [-0.25, -0.2) is 0 Å². The van der Waals surface area contributed by atoms with E-state index in [9.17, 15) is 4.79 Å². The first-order chi connectivity index (χ1) is 17.4. The maximum atomic E-state index is 13.6. The maximum Gasteiger partial charge on any atom is 0.258 e. The van der Waals surface area contributed by atoms with Crippen LogP contribution in [-0.4, -0.2) is 17.9 Å². The van der Waals surface area contributed by atoms with Crippen molar-refractivity contribution in [2.24, 2.45) is 0 Å². The molecule has 1 unspecified atom stereocenters. The number of ether oxygens (including phenoxy) is 2. The quantitative estimate of drug-likeness (QED) is 0.323. The highest BCUT2D eigenvalue weighted by molar-refractivity contribution is 6.01. The molecule has 0 aliphatic carbocycles. The summed E-state index contributed by atoms with van der Waals surface area (Å²) in [6, 6.07) is 23.5. The average molecular weight is 483 g/mol. The molecule has 0 fully saturated rings. The molecule has 0 saturated heterocycles. The third-order valence-corrected chi connectivity index (χ3v) is 6.55. The number of aryl methyl sites for hydroxylation is 3. The van der Waals surface area contributed by atoms with E-state index >= 15 is 0 Å². The van der Waals surface area contributed by atoms with Crippen LogP contribution in [0.25, 0.3) is 0 Å². The number of nitrogens with one attached hydrogen (secondary N) is 1. The van der Waals surface area contributed by atoms with E-state index in [0.29, 0.717) is 18.7 Å². The van der Waals surface area contributed by atoms with Gasteiger partial charge in [-0.1, -0.05) is 36.4 Å². The predicted molar refractivity (Wildman–Crippen MR) is 139 cm³/mol. The van der Waals surface area contributed by atoms with E-state index in [0.717, 1.165) is 51.0 Å². The zero-order chi connectivity index (χ0) is 25.2. The normalized spacial score (nSPS) is 14.8. The van der Waals surface area contributed by atoms with Gasteiger partial charge in [-0.2, -0.15) is 0 Å². The van der Waals surface area contributed by atoms with Crippen LogP contribution >= 0.6 is 0 Å². The van der Waals surface area contributed by atoms with Crippen molar-refractivity contribution in [1.29, 1.82) is 0 Å². The highest BCUT2D eigenvalue weighted by Crippen LogP contribution is 2.36. The van der Waals surface area contributed by atoms with Gasteiger partial charge in [0.05, 0.1) is 19.2 Å². The molecular weight excluding hydrogens is 452 g/mol. The smallest absolute Gasteiger partial charge is 0.258 e. The third-order valence-electron chi connectivity index (χ3n) is 6.55. The summed E-state index contributed by atoms with van der Waals surface area (Å²) in [7, 11) is 1.65. The molecule has 1 aliphatic rings. The number of benzene rings is 3. The number of carbonyl (C=O) groups is 1. The van der Waals surface area contributed by atoms with E-state index in [1.54, 1.807) is 12.0 Å². The van der Waals surface area contributed by atoms with Crippen molar-refractivity contribution in [3.05, 3.63) is 112 Å². The molecule has 4 aromatic rings. The minimum Gasteiger partial charge on any atom is -0.496 e. The zero-order valence-electron chi connectivity index (χ0n) is 21.0. The molecule has 0 radical (unpaired) electrons. The van der Waals surface area contributed by atoms with Crippen LogP contribution in [0.5, 0.6) is 11.5 Å². The van der Waals surface area contributed by atoms with E-state index in [4.69, 9.17) is 13.9 Å². The Hall–Kier alpha value is -4.19. The number of para-hydroxylation sites is 2. The highest BCUT2D eigenvalue weighted by atomic mass is 16.5. The van der Waals surface area contributed by atoms with Crippen molar-refractivity contribution in [2.75, 3.05) is 12.4 Å². The summed E-state index contributed by atoms with van der Waals surface area (Å²) in [5.74, 6) is 3.11. The second-order valence-corrected chi connectivity index (χ2v) is 9.12. The predicted octanol–water partition coefficient (Wildman–Crippen LogP) is 6.56. The third kappa shape index (κ3) is 4.54. The number of rotatable bonds is 7. The van der Waals surface area contributed by atoms with Crippen LogP contribution < -0.4 is 14.8 Å². The van der Waals surface area contributed by atoms with Crippen LogP contribution in [0.2, 0.25) is 0 Å². The Morgan fingerprint density at radius 3 is 2.44 bits per heavy atom. The van der Waals surface area contributed by atoms with Gasteiger partial charge >= 0.3 is 0 Å². The number of furan rings is 1. The largest absolute Gasteiger partial charge is 0.496 e. The Kier molecular flexibility index (Phi) is 6.42. The molecule has 6 heteroatoms. The number of amides is 1. The van der Waals surface area contributed by atoms with E-state index in [1.165, 1.54) is 0 Å². The Bertz CT molecular complexity index is 1390. The summed E-state index contributed by atoms with van der Waals surface area (Å²) in [6.07, 6.45) is -0.386. The van der Waals surface area contributed by atoms with Crippen molar-refractivity contribution in [3.8, 4) is 11.5 Å². The van der Waals surface area contributed by atoms with Gasteiger partial charge < -0.3 is 24.1 Å². The maximum absolute atomic E-state index is 13.6. The van der Waals surface area contributed by atoms with Crippen LogP contribution in [0, 0.1) is 20.8 Å². The van der Waals surface area contributed by atoms with Gasteiger partial charge in [-0.15, -0.1) is 0 Å². The van der Waals surface area contributed by atoms with Crippen molar-refractivity contribution >= 4 is 11.6 Å². The second kappa shape index (κ2) is 9.82. The van der Waals surface area contributed by atoms with Crippen LogP contribution in [0.15, 0.2) is 77.2 Å². The average Bonchev–Trinajstić information content (AvgIpc) is 3.29. The highest BCUT2D eigenvalue weighted by Gasteiger charge is 2.33. The van der Waals surface area contributed by atoms with Crippen molar-refractivity contribution in [3.63, 3.8) is 0 Å². The molecule has 1 N–H and O–H groups in total. The Morgan fingerprint density at radius 1 is 0.944 bits per heavy atom. The summed E-state index contributed by atoms with van der Waals surface area (Å²) in [5.41, 5.74) is 5.46. The minimum absolute atomic E-state index is 0.0486. The molecule has 1 amide bonds.